The number of hydrogen-bond acceptors (Lipinski definition) is 4. The second kappa shape index (κ2) is 9.86. The zero-order chi connectivity index (χ0) is 17.6. The molecule has 0 unspecified atom stereocenters. The molecule has 1 fully saturated rings. The number of rotatable bonds is 5. The van der Waals surface area contributed by atoms with Crippen LogP contribution < -0.4 is 40.0 Å². The van der Waals surface area contributed by atoms with Crippen LogP contribution in [-0.4, -0.2) is 16.9 Å². The van der Waals surface area contributed by atoms with Crippen LogP contribution in [0.5, 0.6) is 0 Å². The number of benzene rings is 1. The summed E-state index contributed by atoms with van der Waals surface area (Å²) >= 11 is 0. The fourth-order valence-electron chi connectivity index (χ4n) is 3.40. The van der Waals surface area contributed by atoms with Gasteiger partial charge in [0.2, 0.25) is 5.91 Å². The normalized spacial score (nSPS) is 19.2. The maximum absolute atomic E-state index is 12.4. The van der Waals surface area contributed by atoms with E-state index in [0.717, 1.165) is 29.5 Å². The SMILES string of the molecule is O=C([O-])[C@H]1CCCC[C@H]1C(=O)NCc1ccc(-c2cccnc2)cc1.[Na+]. The molecular weight excluding hydrogens is 339 g/mol. The number of amides is 1. The monoisotopic (exact) mass is 360 g/mol. The van der Waals surface area contributed by atoms with Gasteiger partial charge in [0.25, 0.3) is 0 Å². The zero-order valence-corrected chi connectivity index (χ0v) is 17.0. The van der Waals surface area contributed by atoms with E-state index in [1.54, 1.807) is 12.4 Å². The van der Waals surface area contributed by atoms with E-state index in [9.17, 15) is 14.7 Å². The Morgan fingerprint density at radius 2 is 1.73 bits per heavy atom. The number of carboxylic acids is 1. The van der Waals surface area contributed by atoms with Crippen molar-refractivity contribution in [3.8, 4) is 11.1 Å². The average Bonchev–Trinajstić information content (AvgIpc) is 2.67. The van der Waals surface area contributed by atoms with Gasteiger partial charge in [0.1, 0.15) is 0 Å². The van der Waals surface area contributed by atoms with E-state index in [4.69, 9.17) is 0 Å². The fourth-order valence-corrected chi connectivity index (χ4v) is 3.40. The molecule has 1 aliphatic carbocycles. The number of carbonyl (C=O) groups is 2. The molecule has 0 bridgehead atoms. The van der Waals surface area contributed by atoms with Crippen LogP contribution in [0.2, 0.25) is 0 Å². The molecule has 1 aromatic carbocycles. The van der Waals surface area contributed by atoms with Gasteiger partial charge in [0.05, 0.1) is 0 Å². The van der Waals surface area contributed by atoms with Gasteiger partial charge in [-0.2, -0.15) is 0 Å². The summed E-state index contributed by atoms with van der Waals surface area (Å²) < 4.78 is 0. The van der Waals surface area contributed by atoms with Crippen molar-refractivity contribution in [2.24, 2.45) is 11.8 Å². The van der Waals surface area contributed by atoms with E-state index < -0.39 is 17.8 Å². The largest absolute Gasteiger partial charge is 1.00 e. The van der Waals surface area contributed by atoms with Crippen molar-refractivity contribution in [2.45, 2.75) is 32.2 Å². The van der Waals surface area contributed by atoms with Crippen LogP contribution in [0, 0.1) is 11.8 Å². The van der Waals surface area contributed by atoms with Crippen LogP contribution in [0.15, 0.2) is 48.8 Å². The van der Waals surface area contributed by atoms with Gasteiger partial charge < -0.3 is 15.2 Å². The molecule has 1 N–H and O–H groups in total. The summed E-state index contributed by atoms with van der Waals surface area (Å²) in [6, 6.07) is 11.8. The first-order valence-corrected chi connectivity index (χ1v) is 8.63. The van der Waals surface area contributed by atoms with Crippen molar-refractivity contribution in [1.82, 2.24) is 10.3 Å². The Kier molecular flexibility index (Phi) is 7.82. The third-order valence-corrected chi connectivity index (χ3v) is 4.82. The number of carboxylic acid groups (broad SMARTS) is 1. The third-order valence-electron chi connectivity index (χ3n) is 4.82. The molecule has 3 rings (SSSR count). The first kappa shape index (κ1) is 20.6. The minimum absolute atomic E-state index is 0. The van der Waals surface area contributed by atoms with Gasteiger partial charge in [0, 0.05) is 36.7 Å². The number of nitrogens with zero attached hydrogens (tertiary/aromatic N) is 1. The predicted octanol–water partition coefficient (Wildman–Crippen LogP) is -1.07. The van der Waals surface area contributed by atoms with Crippen LogP contribution in [0.3, 0.4) is 0 Å². The summed E-state index contributed by atoms with van der Waals surface area (Å²) in [7, 11) is 0. The minimum atomic E-state index is -1.11. The van der Waals surface area contributed by atoms with Crippen molar-refractivity contribution >= 4 is 11.9 Å². The summed E-state index contributed by atoms with van der Waals surface area (Å²) in [5, 5.41) is 14.1. The van der Waals surface area contributed by atoms with Crippen molar-refractivity contribution in [3.05, 3.63) is 54.4 Å². The fraction of sp³-hybridized carbons (Fsp3) is 0.350. The van der Waals surface area contributed by atoms with Crippen LogP contribution >= 0.6 is 0 Å². The van der Waals surface area contributed by atoms with Gasteiger partial charge in [-0.05, 0) is 35.6 Å². The first-order valence-electron chi connectivity index (χ1n) is 8.63. The quantitative estimate of drug-likeness (QED) is 0.688. The van der Waals surface area contributed by atoms with Crippen molar-refractivity contribution < 1.29 is 44.3 Å². The maximum atomic E-state index is 12.4. The van der Waals surface area contributed by atoms with Gasteiger partial charge in [-0.15, -0.1) is 0 Å². The molecule has 0 spiro atoms. The molecule has 0 radical (unpaired) electrons. The Morgan fingerprint density at radius 1 is 1.04 bits per heavy atom. The Hall–Kier alpha value is -1.69. The summed E-state index contributed by atoms with van der Waals surface area (Å²) in [4.78, 5) is 27.7. The molecule has 1 aliphatic rings. The van der Waals surface area contributed by atoms with Gasteiger partial charge in [-0.3, -0.25) is 9.78 Å². The molecule has 0 aliphatic heterocycles. The predicted molar refractivity (Wildman–Crippen MR) is 92.0 cm³/mol. The van der Waals surface area contributed by atoms with E-state index in [1.165, 1.54) is 0 Å². The Labute approximate surface area is 175 Å². The van der Waals surface area contributed by atoms with Gasteiger partial charge >= 0.3 is 29.6 Å². The second-order valence-corrected chi connectivity index (χ2v) is 6.47. The molecule has 0 saturated heterocycles. The third kappa shape index (κ3) is 5.16. The van der Waals surface area contributed by atoms with Crippen LogP contribution in [0.25, 0.3) is 11.1 Å². The summed E-state index contributed by atoms with van der Waals surface area (Å²) in [6.45, 7) is 0.391. The van der Waals surface area contributed by atoms with Crippen LogP contribution in [-0.2, 0) is 16.1 Å². The van der Waals surface area contributed by atoms with Gasteiger partial charge in [0.15, 0.2) is 0 Å². The number of hydrogen-bond donors (Lipinski definition) is 1. The molecule has 1 saturated carbocycles. The summed E-state index contributed by atoms with van der Waals surface area (Å²) in [6.07, 6.45) is 6.42. The smallest absolute Gasteiger partial charge is 0.550 e. The van der Waals surface area contributed by atoms with Gasteiger partial charge in [-0.1, -0.05) is 43.2 Å². The Balaban J connectivity index is 0.00000243. The van der Waals surface area contributed by atoms with E-state index in [-0.39, 0.29) is 35.5 Å². The average molecular weight is 360 g/mol. The zero-order valence-electron chi connectivity index (χ0n) is 15.0. The van der Waals surface area contributed by atoms with Gasteiger partial charge in [-0.25, -0.2) is 0 Å². The number of aliphatic carboxylic acids is 1. The standard InChI is InChI=1S/C20H22N2O3.Na/c23-19(17-5-1-2-6-18(17)20(24)25)22-12-14-7-9-15(10-8-14)16-4-3-11-21-13-16;/h3-4,7-11,13,17-18H,1-2,5-6,12H2,(H,22,23)(H,24,25);/q;+1/p-1/t17-,18+;/m1./s1. The van der Waals surface area contributed by atoms with E-state index >= 15 is 0 Å². The molecule has 130 valence electrons. The maximum Gasteiger partial charge on any atom is 1.00 e. The van der Waals surface area contributed by atoms with Crippen LogP contribution in [0.4, 0.5) is 0 Å². The van der Waals surface area contributed by atoms with E-state index in [1.807, 2.05) is 36.4 Å². The van der Waals surface area contributed by atoms with Crippen molar-refractivity contribution in [1.29, 1.82) is 0 Å². The molecule has 26 heavy (non-hydrogen) atoms. The number of carbonyl (C=O) groups excluding carboxylic acids is 2. The first-order chi connectivity index (χ1) is 12.1. The second-order valence-electron chi connectivity index (χ2n) is 6.47. The summed E-state index contributed by atoms with van der Waals surface area (Å²) in [5.74, 6) is -2.44. The minimum Gasteiger partial charge on any atom is -0.550 e. The van der Waals surface area contributed by atoms with Crippen molar-refractivity contribution in [2.75, 3.05) is 0 Å². The molecule has 5 nitrogen and oxygen atoms in total. The summed E-state index contributed by atoms with van der Waals surface area (Å²) in [5.41, 5.74) is 3.08. The molecule has 2 atom stereocenters. The Bertz CT molecular complexity index is 734. The molecule has 1 heterocycles. The molecule has 1 aromatic heterocycles. The van der Waals surface area contributed by atoms with E-state index in [2.05, 4.69) is 10.3 Å². The topological polar surface area (TPSA) is 82.1 Å². The van der Waals surface area contributed by atoms with Crippen molar-refractivity contribution in [3.63, 3.8) is 0 Å². The number of pyridine rings is 1. The molecule has 1 amide bonds. The Morgan fingerprint density at radius 3 is 2.35 bits per heavy atom. The van der Waals surface area contributed by atoms with Crippen LogP contribution in [0.1, 0.15) is 31.2 Å². The van der Waals surface area contributed by atoms with E-state index in [0.29, 0.717) is 19.4 Å². The number of aromatic nitrogens is 1. The molecular formula is C20H21N2NaO3. The molecule has 2 aromatic rings. The molecule has 6 heteroatoms. The number of nitrogens with one attached hydrogen (secondary N) is 1.